The van der Waals surface area contributed by atoms with Crippen LogP contribution in [0.25, 0.3) is 0 Å². The first-order valence-corrected chi connectivity index (χ1v) is 9.48. The normalized spacial score (nSPS) is 18.8. The molecule has 146 valence electrons. The van der Waals surface area contributed by atoms with Crippen LogP contribution in [0.1, 0.15) is 38.7 Å². The van der Waals surface area contributed by atoms with Crippen LogP contribution < -0.4 is 15.4 Å². The van der Waals surface area contributed by atoms with Gasteiger partial charge in [0, 0.05) is 19.7 Å². The summed E-state index contributed by atoms with van der Waals surface area (Å²) >= 11 is 0. The number of aliphatic imine (C=N–C) groups is 1. The quantitative estimate of drug-likeness (QED) is 0.401. The summed E-state index contributed by atoms with van der Waals surface area (Å²) in [7, 11) is 1.77. The molecule has 1 aliphatic rings. The van der Waals surface area contributed by atoms with Crippen molar-refractivity contribution in [3.05, 3.63) is 29.8 Å². The van der Waals surface area contributed by atoms with Crippen LogP contribution in [0.4, 0.5) is 0 Å². The first kappa shape index (κ1) is 20.5. The molecule has 0 radical (unpaired) electrons. The summed E-state index contributed by atoms with van der Waals surface area (Å²) in [5.41, 5.74) is 1.23. The Morgan fingerprint density at radius 1 is 1.31 bits per heavy atom. The molecule has 6 heteroatoms. The third-order valence-corrected chi connectivity index (χ3v) is 4.27. The zero-order valence-corrected chi connectivity index (χ0v) is 16.5. The Kier molecular flexibility index (Phi) is 8.71. The van der Waals surface area contributed by atoms with Crippen molar-refractivity contribution in [2.45, 2.75) is 45.3 Å². The summed E-state index contributed by atoms with van der Waals surface area (Å²) in [5.74, 6) is 2.15. The molecule has 0 bridgehead atoms. The molecule has 2 N–H and O–H groups in total. The van der Waals surface area contributed by atoms with Crippen LogP contribution in [0.3, 0.4) is 0 Å². The number of guanidine groups is 1. The van der Waals surface area contributed by atoms with Gasteiger partial charge in [-0.25, -0.2) is 0 Å². The molecule has 0 spiro atoms. The van der Waals surface area contributed by atoms with Crippen LogP contribution in [0, 0.1) is 0 Å². The molecule has 1 aliphatic heterocycles. The first-order valence-electron chi connectivity index (χ1n) is 9.48. The maximum absolute atomic E-state index is 5.93. The second-order valence-electron chi connectivity index (χ2n) is 6.90. The standard InChI is InChI=1S/C20H33N3O3/c1-15(2)18-7-5-6-8-19(18)25-12-10-22-20(21-4)23-16(3)13-26-17-9-11-24-14-17/h5-8,15-17H,9-14H2,1-4H3,(H2,21,22,23). The Hall–Kier alpha value is -1.79. The van der Waals surface area contributed by atoms with E-state index in [1.165, 1.54) is 5.56 Å². The lowest BCUT2D eigenvalue weighted by Crippen LogP contribution is -2.45. The van der Waals surface area contributed by atoms with Crippen LogP contribution in [-0.4, -0.2) is 58.1 Å². The molecule has 2 rings (SSSR count). The fourth-order valence-electron chi connectivity index (χ4n) is 2.81. The maximum atomic E-state index is 5.93. The zero-order chi connectivity index (χ0) is 18.8. The third-order valence-electron chi connectivity index (χ3n) is 4.27. The highest BCUT2D eigenvalue weighted by molar-refractivity contribution is 5.79. The summed E-state index contributed by atoms with van der Waals surface area (Å²) in [4.78, 5) is 4.26. The highest BCUT2D eigenvalue weighted by Gasteiger charge is 2.17. The predicted molar refractivity (Wildman–Crippen MR) is 105 cm³/mol. The van der Waals surface area contributed by atoms with Gasteiger partial charge in [0.15, 0.2) is 5.96 Å². The lowest BCUT2D eigenvalue weighted by Gasteiger charge is -2.20. The smallest absolute Gasteiger partial charge is 0.191 e. The van der Waals surface area contributed by atoms with Gasteiger partial charge in [0.05, 0.1) is 25.9 Å². The number of nitrogens with zero attached hydrogens (tertiary/aromatic N) is 1. The molecule has 1 aromatic carbocycles. The van der Waals surface area contributed by atoms with Crippen LogP contribution in [0.5, 0.6) is 5.75 Å². The fraction of sp³-hybridized carbons (Fsp3) is 0.650. The van der Waals surface area contributed by atoms with Gasteiger partial charge in [0.1, 0.15) is 12.4 Å². The lowest BCUT2D eigenvalue weighted by molar-refractivity contribution is 0.0347. The predicted octanol–water partition coefficient (Wildman–Crippen LogP) is 2.55. The summed E-state index contributed by atoms with van der Waals surface area (Å²) in [5, 5.41) is 6.62. The van der Waals surface area contributed by atoms with E-state index in [-0.39, 0.29) is 12.1 Å². The van der Waals surface area contributed by atoms with Crippen LogP contribution in [0.15, 0.2) is 29.3 Å². The van der Waals surface area contributed by atoms with Gasteiger partial charge in [0.2, 0.25) is 0 Å². The van der Waals surface area contributed by atoms with E-state index in [9.17, 15) is 0 Å². The van der Waals surface area contributed by atoms with Gasteiger partial charge in [-0.2, -0.15) is 0 Å². The molecular formula is C20H33N3O3. The van der Waals surface area contributed by atoms with Gasteiger partial charge in [-0.3, -0.25) is 4.99 Å². The molecule has 26 heavy (non-hydrogen) atoms. The molecule has 0 amide bonds. The van der Waals surface area contributed by atoms with E-state index in [0.717, 1.165) is 24.7 Å². The fourth-order valence-corrected chi connectivity index (χ4v) is 2.81. The van der Waals surface area contributed by atoms with E-state index in [4.69, 9.17) is 14.2 Å². The summed E-state index contributed by atoms with van der Waals surface area (Å²) in [6.45, 7) is 9.82. The largest absolute Gasteiger partial charge is 0.491 e. The number of ether oxygens (including phenoxy) is 3. The molecule has 0 aromatic heterocycles. The maximum Gasteiger partial charge on any atom is 0.191 e. The Morgan fingerprint density at radius 2 is 2.12 bits per heavy atom. The van der Waals surface area contributed by atoms with Gasteiger partial charge in [0.25, 0.3) is 0 Å². The van der Waals surface area contributed by atoms with Crippen molar-refractivity contribution in [1.29, 1.82) is 0 Å². The van der Waals surface area contributed by atoms with Crippen LogP contribution in [-0.2, 0) is 9.47 Å². The van der Waals surface area contributed by atoms with Gasteiger partial charge in [-0.1, -0.05) is 32.0 Å². The second kappa shape index (κ2) is 11.0. The topological polar surface area (TPSA) is 64.1 Å². The molecule has 1 saturated heterocycles. The van der Waals surface area contributed by atoms with Crippen molar-refractivity contribution >= 4 is 5.96 Å². The highest BCUT2D eigenvalue weighted by Crippen LogP contribution is 2.25. The second-order valence-corrected chi connectivity index (χ2v) is 6.90. The van der Waals surface area contributed by atoms with E-state index in [1.807, 2.05) is 18.2 Å². The van der Waals surface area contributed by atoms with Crippen molar-refractivity contribution < 1.29 is 14.2 Å². The average Bonchev–Trinajstić information content (AvgIpc) is 3.16. The van der Waals surface area contributed by atoms with E-state index in [1.54, 1.807) is 7.05 Å². The summed E-state index contributed by atoms with van der Waals surface area (Å²) in [6, 6.07) is 8.36. The van der Waals surface area contributed by atoms with Crippen LogP contribution in [0.2, 0.25) is 0 Å². The minimum Gasteiger partial charge on any atom is -0.491 e. The van der Waals surface area contributed by atoms with E-state index in [0.29, 0.717) is 32.3 Å². The number of hydrogen-bond acceptors (Lipinski definition) is 4. The minimum absolute atomic E-state index is 0.171. The molecule has 2 unspecified atom stereocenters. The van der Waals surface area contributed by atoms with E-state index in [2.05, 4.69) is 42.5 Å². The third kappa shape index (κ3) is 6.84. The van der Waals surface area contributed by atoms with Crippen molar-refractivity contribution in [1.82, 2.24) is 10.6 Å². The monoisotopic (exact) mass is 363 g/mol. The number of rotatable bonds is 9. The molecule has 0 saturated carbocycles. The zero-order valence-electron chi connectivity index (χ0n) is 16.5. The first-order chi connectivity index (χ1) is 12.6. The van der Waals surface area contributed by atoms with Crippen molar-refractivity contribution in [3.63, 3.8) is 0 Å². The van der Waals surface area contributed by atoms with Crippen molar-refractivity contribution in [3.8, 4) is 5.75 Å². The lowest BCUT2D eigenvalue weighted by atomic mass is 10.0. The Balaban J connectivity index is 1.67. The van der Waals surface area contributed by atoms with E-state index >= 15 is 0 Å². The number of benzene rings is 1. The minimum atomic E-state index is 0.171. The van der Waals surface area contributed by atoms with Gasteiger partial charge in [-0.05, 0) is 30.9 Å². The molecule has 1 aromatic rings. The summed E-state index contributed by atoms with van der Waals surface area (Å²) in [6.07, 6.45) is 1.21. The molecule has 1 heterocycles. The molecular weight excluding hydrogens is 330 g/mol. The number of para-hydroxylation sites is 1. The summed E-state index contributed by atoms with van der Waals surface area (Å²) < 4.78 is 17.1. The van der Waals surface area contributed by atoms with Crippen molar-refractivity contribution in [2.75, 3.05) is 40.0 Å². The van der Waals surface area contributed by atoms with Crippen molar-refractivity contribution in [2.24, 2.45) is 4.99 Å². The Morgan fingerprint density at radius 3 is 2.81 bits per heavy atom. The van der Waals surface area contributed by atoms with Crippen LogP contribution >= 0.6 is 0 Å². The number of nitrogens with one attached hydrogen (secondary N) is 2. The van der Waals surface area contributed by atoms with Gasteiger partial charge < -0.3 is 24.8 Å². The SMILES string of the molecule is CN=C(NCCOc1ccccc1C(C)C)NC(C)COC1CCOC1. The highest BCUT2D eigenvalue weighted by atomic mass is 16.5. The molecule has 6 nitrogen and oxygen atoms in total. The molecule has 0 aliphatic carbocycles. The molecule has 1 fully saturated rings. The Bertz CT molecular complexity index is 557. The average molecular weight is 364 g/mol. The van der Waals surface area contributed by atoms with Gasteiger partial charge >= 0.3 is 0 Å². The van der Waals surface area contributed by atoms with E-state index < -0.39 is 0 Å². The Labute approximate surface area is 157 Å². The van der Waals surface area contributed by atoms with Gasteiger partial charge in [-0.15, -0.1) is 0 Å². The molecule has 2 atom stereocenters. The number of hydrogen-bond donors (Lipinski definition) is 2.